The van der Waals surface area contributed by atoms with Gasteiger partial charge in [-0.25, -0.2) is 4.79 Å². The molecule has 7 heteroatoms. The Labute approximate surface area is 124 Å². The largest absolute Gasteiger partial charge is 0.352 e. The number of carbonyl (C=O) groups is 2. The second kappa shape index (κ2) is 7.10. The Morgan fingerprint density at radius 3 is 2.95 bits per heavy atom. The molecule has 21 heavy (non-hydrogen) atoms. The molecule has 0 unspecified atom stereocenters. The van der Waals surface area contributed by atoms with Crippen LogP contribution in [0.15, 0.2) is 18.5 Å². The van der Waals surface area contributed by atoms with Crippen LogP contribution in [0, 0.1) is 0 Å². The molecule has 0 aromatic carbocycles. The van der Waals surface area contributed by atoms with E-state index >= 15 is 0 Å². The van der Waals surface area contributed by atoms with Crippen LogP contribution in [0.2, 0.25) is 0 Å². The number of aromatic nitrogens is 2. The van der Waals surface area contributed by atoms with Crippen molar-refractivity contribution in [3.05, 3.63) is 18.5 Å². The van der Waals surface area contributed by atoms with Crippen LogP contribution in [-0.4, -0.2) is 51.8 Å². The summed E-state index contributed by atoms with van der Waals surface area (Å²) in [6.45, 7) is 5.40. The third-order valence-corrected chi connectivity index (χ3v) is 3.51. The Kier molecular flexibility index (Phi) is 5.19. The van der Waals surface area contributed by atoms with Crippen LogP contribution in [0.25, 0.3) is 0 Å². The molecule has 1 aromatic rings. The molecule has 0 aliphatic carbocycles. The smallest absolute Gasteiger partial charge is 0.317 e. The number of nitrogens with zero attached hydrogens (tertiary/aromatic N) is 3. The summed E-state index contributed by atoms with van der Waals surface area (Å²) in [7, 11) is 0. The number of piperidine rings is 1. The van der Waals surface area contributed by atoms with Gasteiger partial charge >= 0.3 is 6.03 Å². The predicted molar refractivity (Wildman–Crippen MR) is 78.6 cm³/mol. The van der Waals surface area contributed by atoms with Crippen molar-refractivity contribution >= 4 is 11.9 Å². The molecule has 1 fully saturated rings. The SMILES string of the molecule is CC(=O)N[C@@H]1CCCN(C(=O)N[C@H](C)Cn2cccn2)C1. The van der Waals surface area contributed by atoms with Crippen molar-refractivity contribution in [2.24, 2.45) is 0 Å². The monoisotopic (exact) mass is 293 g/mol. The van der Waals surface area contributed by atoms with Crippen molar-refractivity contribution in [1.29, 1.82) is 0 Å². The first-order valence-electron chi connectivity index (χ1n) is 7.34. The number of hydrogen-bond donors (Lipinski definition) is 2. The molecule has 0 radical (unpaired) electrons. The van der Waals surface area contributed by atoms with Gasteiger partial charge in [-0.05, 0) is 25.8 Å². The minimum Gasteiger partial charge on any atom is -0.352 e. The summed E-state index contributed by atoms with van der Waals surface area (Å²) in [6.07, 6.45) is 5.42. The van der Waals surface area contributed by atoms with Crippen LogP contribution in [0.4, 0.5) is 4.79 Å². The summed E-state index contributed by atoms with van der Waals surface area (Å²) in [5.74, 6) is -0.0469. The molecule has 0 saturated carbocycles. The van der Waals surface area contributed by atoms with E-state index in [1.807, 2.05) is 19.2 Å². The standard InChI is InChI=1S/C14H23N5O2/c1-11(9-19-8-4-6-15-19)16-14(21)18-7-3-5-13(10-18)17-12(2)20/h4,6,8,11,13H,3,5,7,9-10H2,1-2H3,(H,16,21)(H,17,20)/t11-,13-/m1/s1. The Balaban J connectivity index is 1.80. The summed E-state index contributed by atoms with van der Waals surface area (Å²) in [6, 6.07) is 1.84. The molecule has 3 amide bonds. The van der Waals surface area contributed by atoms with Gasteiger partial charge in [-0.3, -0.25) is 9.48 Å². The average molecular weight is 293 g/mol. The predicted octanol–water partition coefficient (Wildman–Crippen LogP) is 0.582. The van der Waals surface area contributed by atoms with Gasteiger partial charge in [-0.2, -0.15) is 5.10 Å². The molecular formula is C14H23N5O2. The second-order valence-corrected chi connectivity index (χ2v) is 5.56. The molecule has 1 aliphatic heterocycles. The molecule has 0 bridgehead atoms. The van der Waals surface area contributed by atoms with E-state index in [9.17, 15) is 9.59 Å². The number of urea groups is 1. The Morgan fingerprint density at radius 1 is 1.48 bits per heavy atom. The third-order valence-electron chi connectivity index (χ3n) is 3.51. The van der Waals surface area contributed by atoms with Crippen LogP contribution < -0.4 is 10.6 Å². The lowest BCUT2D eigenvalue weighted by molar-refractivity contribution is -0.119. The van der Waals surface area contributed by atoms with E-state index in [2.05, 4.69) is 15.7 Å². The van der Waals surface area contributed by atoms with Gasteiger partial charge in [0.1, 0.15) is 0 Å². The fourth-order valence-electron chi connectivity index (χ4n) is 2.60. The van der Waals surface area contributed by atoms with E-state index in [0.717, 1.165) is 19.4 Å². The molecule has 1 aromatic heterocycles. The molecule has 116 valence electrons. The van der Waals surface area contributed by atoms with Gasteiger partial charge in [0.15, 0.2) is 0 Å². The summed E-state index contributed by atoms with van der Waals surface area (Å²) >= 11 is 0. The molecule has 0 spiro atoms. The highest BCUT2D eigenvalue weighted by Crippen LogP contribution is 2.10. The number of likely N-dealkylation sites (tertiary alicyclic amines) is 1. The highest BCUT2D eigenvalue weighted by atomic mass is 16.2. The summed E-state index contributed by atoms with van der Waals surface area (Å²) in [5, 5.41) is 9.98. The highest BCUT2D eigenvalue weighted by molar-refractivity contribution is 5.75. The highest BCUT2D eigenvalue weighted by Gasteiger charge is 2.24. The molecule has 2 heterocycles. The Bertz CT molecular complexity index is 474. The van der Waals surface area contributed by atoms with Gasteiger partial charge in [0.25, 0.3) is 0 Å². The fourth-order valence-corrected chi connectivity index (χ4v) is 2.60. The number of carbonyl (C=O) groups excluding carboxylic acids is 2. The number of rotatable bonds is 4. The summed E-state index contributed by atoms with van der Waals surface area (Å²) in [5.41, 5.74) is 0. The van der Waals surface area contributed by atoms with E-state index in [1.165, 1.54) is 6.92 Å². The number of hydrogen-bond acceptors (Lipinski definition) is 3. The lowest BCUT2D eigenvalue weighted by atomic mass is 10.1. The van der Waals surface area contributed by atoms with E-state index in [-0.39, 0.29) is 24.0 Å². The molecule has 2 N–H and O–H groups in total. The van der Waals surface area contributed by atoms with Crippen LogP contribution in [0.5, 0.6) is 0 Å². The van der Waals surface area contributed by atoms with Gasteiger partial charge in [0, 0.05) is 44.5 Å². The maximum Gasteiger partial charge on any atom is 0.317 e. The van der Waals surface area contributed by atoms with E-state index < -0.39 is 0 Å². The van der Waals surface area contributed by atoms with Gasteiger partial charge in [-0.15, -0.1) is 0 Å². The molecule has 7 nitrogen and oxygen atoms in total. The molecular weight excluding hydrogens is 270 g/mol. The van der Waals surface area contributed by atoms with Gasteiger partial charge < -0.3 is 15.5 Å². The first kappa shape index (κ1) is 15.3. The molecule has 1 aliphatic rings. The molecule has 2 rings (SSSR count). The summed E-state index contributed by atoms with van der Waals surface area (Å²) in [4.78, 5) is 25.1. The van der Waals surface area contributed by atoms with E-state index in [4.69, 9.17) is 0 Å². The normalized spacial score (nSPS) is 19.9. The zero-order chi connectivity index (χ0) is 15.2. The van der Waals surface area contributed by atoms with Crippen molar-refractivity contribution in [1.82, 2.24) is 25.3 Å². The first-order chi connectivity index (χ1) is 10.0. The van der Waals surface area contributed by atoms with E-state index in [1.54, 1.807) is 15.8 Å². The van der Waals surface area contributed by atoms with Gasteiger partial charge in [0.05, 0.1) is 6.54 Å². The Morgan fingerprint density at radius 2 is 2.29 bits per heavy atom. The maximum atomic E-state index is 12.2. The second-order valence-electron chi connectivity index (χ2n) is 5.56. The lowest BCUT2D eigenvalue weighted by Crippen LogP contribution is -2.53. The van der Waals surface area contributed by atoms with Crippen LogP contribution in [-0.2, 0) is 11.3 Å². The average Bonchev–Trinajstić information content (AvgIpc) is 2.90. The first-order valence-corrected chi connectivity index (χ1v) is 7.34. The molecule has 1 saturated heterocycles. The van der Waals surface area contributed by atoms with Crippen molar-refractivity contribution < 1.29 is 9.59 Å². The quantitative estimate of drug-likeness (QED) is 0.852. The van der Waals surface area contributed by atoms with Crippen LogP contribution >= 0.6 is 0 Å². The van der Waals surface area contributed by atoms with Crippen molar-refractivity contribution in [3.63, 3.8) is 0 Å². The lowest BCUT2D eigenvalue weighted by Gasteiger charge is -2.33. The van der Waals surface area contributed by atoms with Crippen molar-refractivity contribution in [2.45, 2.75) is 45.3 Å². The van der Waals surface area contributed by atoms with E-state index in [0.29, 0.717) is 13.1 Å². The van der Waals surface area contributed by atoms with Gasteiger partial charge in [-0.1, -0.05) is 0 Å². The van der Waals surface area contributed by atoms with Crippen molar-refractivity contribution in [3.8, 4) is 0 Å². The van der Waals surface area contributed by atoms with Crippen molar-refractivity contribution in [2.75, 3.05) is 13.1 Å². The maximum absolute atomic E-state index is 12.2. The molecule has 2 atom stereocenters. The number of nitrogens with one attached hydrogen (secondary N) is 2. The van der Waals surface area contributed by atoms with Crippen LogP contribution in [0.3, 0.4) is 0 Å². The Hall–Kier alpha value is -2.05. The minimum atomic E-state index is -0.0790. The number of amides is 3. The fraction of sp³-hybridized carbons (Fsp3) is 0.643. The minimum absolute atomic E-state index is 0.00135. The third kappa shape index (κ3) is 4.77. The van der Waals surface area contributed by atoms with Gasteiger partial charge in [0.2, 0.25) is 5.91 Å². The summed E-state index contributed by atoms with van der Waals surface area (Å²) < 4.78 is 1.79. The van der Waals surface area contributed by atoms with Crippen LogP contribution in [0.1, 0.15) is 26.7 Å². The topological polar surface area (TPSA) is 79.3 Å². The zero-order valence-corrected chi connectivity index (χ0v) is 12.6. The zero-order valence-electron chi connectivity index (χ0n) is 12.6.